The molecule has 2 aliphatic rings. The van der Waals surface area contributed by atoms with Crippen LogP contribution in [0.4, 0.5) is 11.4 Å². The van der Waals surface area contributed by atoms with E-state index < -0.39 is 0 Å². The van der Waals surface area contributed by atoms with E-state index in [-0.39, 0.29) is 17.9 Å². The molecule has 4 rings (SSSR count). The zero-order valence-corrected chi connectivity index (χ0v) is 17.9. The number of nitrogens with zero attached hydrogens (tertiary/aromatic N) is 2. The first-order valence-corrected chi connectivity index (χ1v) is 11.1. The average molecular weight is 406 g/mol. The summed E-state index contributed by atoms with van der Waals surface area (Å²) < 4.78 is 0. The van der Waals surface area contributed by atoms with Crippen LogP contribution in [0.25, 0.3) is 0 Å². The van der Waals surface area contributed by atoms with Gasteiger partial charge in [-0.2, -0.15) is 0 Å². The largest absolute Gasteiger partial charge is 0.371 e. The topological polar surface area (TPSA) is 52.7 Å². The fourth-order valence-corrected chi connectivity index (χ4v) is 4.50. The minimum absolute atomic E-state index is 0.0936. The van der Waals surface area contributed by atoms with Gasteiger partial charge in [0.15, 0.2) is 0 Å². The molecule has 0 spiro atoms. The van der Waals surface area contributed by atoms with Crippen molar-refractivity contribution in [1.29, 1.82) is 0 Å². The summed E-state index contributed by atoms with van der Waals surface area (Å²) in [5.41, 5.74) is 3.73. The molecule has 2 unspecified atom stereocenters. The first kappa shape index (κ1) is 20.5. The molecule has 0 radical (unpaired) electrons. The molecule has 0 bridgehead atoms. The van der Waals surface area contributed by atoms with E-state index in [1.165, 1.54) is 18.5 Å². The number of nitrogens with one attached hydrogen (secondary N) is 1. The van der Waals surface area contributed by atoms with Crippen LogP contribution in [-0.4, -0.2) is 31.4 Å². The van der Waals surface area contributed by atoms with Crippen molar-refractivity contribution < 1.29 is 9.59 Å². The van der Waals surface area contributed by atoms with E-state index in [1.807, 2.05) is 25.1 Å². The Balaban J connectivity index is 1.40. The van der Waals surface area contributed by atoms with Crippen LogP contribution in [0.2, 0.25) is 0 Å². The molecule has 5 nitrogen and oxygen atoms in total. The van der Waals surface area contributed by atoms with Gasteiger partial charge in [-0.05, 0) is 68.0 Å². The number of amides is 2. The van der Waals surface area contributed by atoms with Crippen molar-refractivity contribution in [2.75, 3.05) is 29.4 Å². The summed E-state index contributed by atoms with van der Waals surface area (Å²) in [4.78, 5) is 29.0. The fourth-order valence-electron chi connectivity index (χ4n) is 4.50. The third-order valence-corrected chi connectivity index (χ3v) is 6.26. The third kappa shape index (κ3) is 4.50. The van der Waals surface area contributed by atoms with Crippen LogP contribution in [0, 0.1) is 5.92 Å². The standard InChI is InChI=1S/C25H31N3O2/c1-18-6-4-14-27(17-18)22-12-10-20(11-13-22)19(2)26-25(30)21-7-3-8-23(16-21)28-15-5-9-24(28)29/h3,7-8,10-13,16,18-19H,4-6,9,14-15,17H2,1-2H3,(H,26,30). The van der Waals surface area contributed by atoms with Crippen molar-refractivity contribution in [2.45, 2.75) is 45.6 Å². The van der Waals surface area contributed by atoms with Crippen molar-refractivity contribution >= 4 is 23.2 Å². The maximum absolute atomic E-state index is 12.8. The number of piperidine rings is 1. The van der Waals surface area contributed by atoms with Crippen LogP contribution in [0.5, 0.6) is 0 Å². The highest BCUT2D eigenvalue weighted by Gasteiger charge is 2.22. The van der Waals surface area contributed by atoms with Gasteiger partial charge in [0.2, 0.25) is 5.91 Å². The summed E-state index contributed by atoms with van der Waals surface area (Å²) in [6.45, 7) is 7.27. The van der Waals surface area contributed by atoms with Gasteiger partial charge in [0.05, 0.1) is 6.04 Å². The van der Waals surface area contributed by atoms with Gasteiger partial charge in [0, 0.05) is 43.0 Å². The molecule has 2 amide bonds. The van der Waals surface area contributed by atoms with Gasteiger partial charge in [-0.15, -0.1) is 0 Å². The summed E-state index contributed by atoms with van der Waals surface area (Å²) in [6.07, 6.45) is 4.01. The Kier molecular flexibility index (Phi) is 6.07. The molecule has 0 aromatic heterocycles. The molecule has 2 atom stereocenters. The molecule has 2 saturated heterocycles. The summed E-state index contributed by atoms with van der Waals surface area (Å²) in [5.74, 6) is 0.747. The number of rotatable bonds is 5. The predicted octanol–water partition coefficient (Wildman–Crippen LogP) is 4.54. The Morgan fingerprint density at radius 2 is 1.87 bits per heavy atom. The number of benzene rings is 2. The molecule has 2 heterocycles. The van der Waals surface area contributed by atoms with Crippen LogP contribution in [-0.2, 0) is 4.79 Å². The second-order valence-corrected chi connectivity index (χ2v) is 8.68. The van der Waals surface area contributed by atoms with Crippen LogP contribution >= 0.6 is 0 Å². The third-order valence-electron chi connectivity index (χ3n) is 6.26. The molecule has 0 saturated carbocycles. The summed E-state index contributed by atoms with van der Waals surface area (Å²) in [6, 6.07) is 15.8. The summed E-state index contributed by atoms with van der Waals surface area (Å²) >= 11 is 0. The summed E-state index contributed by atoms with van der Waals surface area (Å²) in [7, 11) is 0. The van der Waals surface area contributed by atoms with Gasteiger partial charge in [-0.3, -0.25) is 9.59 Å². The Labute approximate surface area is 179 Å². The highest BCUT2D eigenvalue weighted by Crippen LogP contribution is 2.25. The number of carbonyl (C=O) groups excluding carboxylic acids is 2. The van der Waals surface area contributed by atoms with E-state index in [2.05, 4.69) is 41.4 Å². The van der Waals surface area contributed by atoms with Crippen LogP contribution in [0.15, 0.2) is 48.5 Å². The van der Waals surface area contributed by atoms with E-state index in [1.54, 1.807) is 11.0 Å². The van der Waals surface area contributed by atoms with Gasteiger partial charge in [-0.1, -0.05) is 25.1 Å². The number of hydrogen-bond donors (Lipinski definition) is 1. The fraction of sp³-hybridized carbons (Fsp3) is 0.440. The molecule has 0 aliphatic carbocycles. The van der Waals surface area contributed by atoms with E-state index in [4.69, 9.17) is 0 Å². The van der Waals surface area contributed by atoms with E-state index >= 15 is 0 Å². The quantitative estimate of drug-likeness (QED) is 0.795. The predicted molar refractivity (Wildman–Crippen MR) is 121 cm³/mol. The molecular weight excluding hydrogens is 374 g/mol. The SMILES string of the molecule is CC1CCCN(c2ccc(C(C)NC(=O)c3cccc(N4CCCC4=O)c3)cc2)C1. The lowest BCUT2D eigenvalue weighted by molar-refractivity contribution is -0.117. The van der Waals surface area contributed by atoms with Crippen molar-refractivity contribution in [3.8, 4) is 0 Å². The van der Waals surface area contributed by atoms with Gasteiger partial charge in [0.25, 0.3) is 5.91 Å². The zero-order chi connectivity index (χ0) is 21.1. The highest BCUT2D eigenvalue weighted by atomic mass is 16.2. The maximum Gasteiger partial charge on any atom is 0.251 e. The summed E-state index contributed by atoms with van der Waals surface area (Å²) in [5, 5.41) is 3.09. The Bertz CT molecular complexity index is 909. The molecular formula is C25H31N3O2. The molecule has 2 aliphatic heterocycles. The number of hydrogen-bond acceptors (Lipinski definition) is 3. The lowest BCUT2D eigenvalue weighted by atomic mass is 9.99. The zero-order valence-electron chi connectivity index (χ0n) is 17.9. The first-order chi connectivity index (χ1) is 14.5. The first-order valence-electron chi connectivity index (χ1n) is 11.1. The lowest BCUT2D eigenvalue weighted by Crippen LogP contribution is -2.34. The van der Waals surface area contributed by atoms with Crippen LogP contribution in [0.1, 0.15) is 61.5 Å². The Hall–Kier alpha value is -2.82. The number of anilines is 2. The highest BCUT2D eigenvalue weighted by molar-refractivity contribution is 5.99. The van der Waals surface area contributed by atoms with Crippen molar-refractivity contribution in [3.05, 3.63) is 59.7 Å². The van der Waals surface area contributed by atoms with E-state index in [0.29, 0.717) is 12.0 Å². The van der Waals surface area contributed by atoms with Crippen molar-refractivity contribution in [1.82, 2.24) is 5.32 Å². The van der Waals surface area contributed by atoms with E-state index in [9.17, 15) is 9.59 Å². The molecule has 2 aromatic carbocycles. The molecule has 2 fully saturated rings. The number of carbonyl (C=O) groups is 2. The lowest BCUT2D eigenvalue weighted by Gasteiger charge is -2.33. The van der Waals surface area contributed by atoms with Crippen molar-refractivity contribution in [2.24, 2.45) is 5.92 Å². The minimum Gasteiger partial charge on any atom is -0.371 e. The monoisotopic (exact) mass is 405 g/mol. The van der Waals surface area contributed by atoms with Gasteiger partial charge >= 0.3 is 0 Å². The van der Waals surface area contributed by atoms with Crippen LogP contribution < -0.4 is 15.1 Å². The minimum atomic E-state index is -0.120. The molecule has 5 heteroatoms. The Morgan fingerprint density at radius 1 is 1.07 bits per heavy atom. The normalized spacial score (nSPS) is 20.3. The van der Waals surface area contributed by atoms with Gasteiger partial charge in [-0.25, -0.2) is 0 Å². The van der Waals surface area contributed by atoms with Crippen molar-refractivity contribution in [3.63, 3.8) is 0 Å². The van der Waals surface area contributed by atoms with Gasteiger partial charge in [0.1, 0.15) is 0 Å². The maximum atomic E-state index is 12.8. The molecule has 1 N–H and O–H groups in total. The molecule has 2 aromatic rings. The second kappa shape index (κ2) is 8.90. The molecule has 30 heavy (non-hydrogen) atoms. The average Bonchev–Trinajstić information content (AvgIpc) is 3.20. The smallest absolute Gasteiger partial charge is 0.251 e. The molecule has 158 valence electrons. The second-order valence-electron chi connectivity index (χ2n) is 8.68. The van der Waals surface area contributed by atoms with Crippen LogP contribution in [0.3, 0.4) is 0 Å². The Morgan fingerprint density at radius 3 is 2.57 bits per heavy atom. The van der Waals surface area contributed by atoms with Gasteiger partial charge < -0.3 is 15.1 Å². The van der Waals surface area contributed by atoms with E-state index in [0.717, 1.165) is 43.2 Å².